The van der Waals surface area contributed by atoms with Gasteiger partial charge < -0.3 is 9.84 Å². The van der Waals surface area contributed by atoms with Crippen molar-refractivity contribution in [1.82, 2.24) is 14.8 Å². The molecule has 0 saturated heterocycles. The van der Waals surface area contributed by atoms with Crippen LogP contribution in [-0.4, -0.2) is 44.8 Å². The highest BCUT2D eigenvalue weighted by Crippen LogP contribution is 2.12. The Balaban J connectivity index is 2.45. The molecule has 1 aromatic rings. The Bertz CT molecular complexity index is 429. The number of aliphatic carboxylic acids is 1. The van der Waals surface area contributed by atoms with E-state index in [1.54, 1.807) is 0 Å². The normalized spacial score (nSPS) is 10.7. The van der Waals surface area contributed by atoms with E-state index in [1.807, 2.05) is 0 Å². The van der Waals surface area contributed by atoms with Gasteiger partial charge in [-0.3, -0.25) is 9.36 Å². The fourth-order valence-electron chi connectivity index (χ4n) is 1.24. The van der Waals surface area contributed by atoms with Crippen LogP contribution in [-0.2, 0) is 16.1 Å². The molecule has 18 heavy (non-hydrogen) atoms. The summed E-state index contributed by atoms with van der Waals surface area (Å²) in [6.45, 7) is 3.53. The van der Waals surface area contributed by atoms with Crippen LogP contribution in [0.1, 0.15) is 19.8 Å². The molecule has 0 saturated carbocycles. The second kappa shape index (κ2) is 7.93. The van der Waals surface area contributed by atoms with Gasteiger partial charge in [-0.25, -0.2) is 9.89 Å². The average molecular weight is 275 g/mol. The number of hydrogen-bond acceptors (Lipinski definition) is 5. The summed E-state index contributed by atoms with van der Waals surface area (Å²) in [6, 6.07) is 0. The third kappa shape index (κ3) is 4.92. The minimum absolute atomic E-state index is 0.124. The molecule has 0 aliphatic carbocycles. The van der Waals surface area contributed by atoms with E-state index in [1.165, 1.54) is 4.57 Å². The van der Waals surface area contributed by atoms with Crippen molar-refractivity contribution >= 4 is 17.7 Å². The molecule has 0 bridgehead atoms. The van der Waals surface area contributed by atoms with Crippen LogP contribution in [0.25, 0.3) is 0 Å². The second-order valence-electron chi connectivity index (χ2n) is 3.61. The number of thioether (sulfide) groups is 1. The third-order valence-corrected chi connectivity index (χ3v) is 3.11. The van der Waals surface area contributed by atoms with Crippen molar-refractivity contribution in [2.24, 2.45) is 0 Å². The summed E-state index contributed by atoms with van der Waals surface area (Å²) >= 11 is 1.01. The summed E-state index contributed by atoms with van der Waals surface area (Å²) in [6.07, 6.45) is 2.05. The Labute approximate surface area is 109 Å². The Morgan fingerprint density at radius 2 is 2.33 bits per heavy atom. The highest BCUT2D eigenvalue weighted by molar-refractivity contribution is 7.99. The zero-order chi connectivity index (χ0) is 13.4. The highest BCUT2D eigenvalue weighted by Gasteiger charge is 2.10. The number of nitrogens with zero attached hydrogens (tertiary/aromatic N) is 2. The Kier molecular flexibility index (Phi) is 6.51. The van der Waals surface area contributed by atoms with E-state index in [0.29, 0.717) is 24.9 Å². The van der Waals surface area contributed by atoms with Gasteiger partial charge in [0.25, 0.3) is 0 Å². The van der Waals surface area contributed by atoms with Crippen molar-refractivity contribution in [1.29, 1.82) is 0 Å². The smallest absolute Gasteiger partial charge is 0.344 e. The quantitative estimate of drug-likeness (QED) is 0.505. The first kappa shape index (κ1) is 14.8. The molecular formula is C10H17N3O4S. The predicted octanol–water partition coefficient (Wildman–Crippen LogP) is 0.565. The topological polar surface area (TPSA) is 97.2 Å². The lowest BCUT2D eigenvalue weighted by molar-refractivity contribution is -0.133. The summed E-state index contributed by atoms with van der Waals surface area (Å²) in [4.78, 5) is 21.9. The number of nitrogens with one attached hydrogen (secondary N) is 1. The SMILES string of the molecule is CCCCOCCn1c(SCC(=O)O)n[nH]c1=O. The van der Waals surface area contributed by atoms with E-state index < -0.39 is 5.97 Å². The molecule has 1 aromatic heterocycles. The van der Waals surface area contributed by atoms with Crippen LogP contribution in [0.4, 0.5) is 0 Å². The zero-order valence-electron chi connectivity index (χ0n) is 10.2. The molecule has 0 aliphatic heterocycles. The zero-order valence-corrected chi connectivity index (χ0v) is 11.0. The highest BCUT2D eigenvalue weighted by atomic mass is 32.2. The van der Waals surface area contributed by atoms with Gasteiger partial charge >= 0.3 is 11.7 Å². The minimum Gasteiger partial charge on any atom is -0.481 e. The first-order valence-corrected chi connectivity index (χ1v) is 6.71. The lowest BCUT2D eigenvalue weighted by Crippen LogP contribution is -2.20. The molecule has 0 atom stereocenters. The molecule has 7 nitrogen and oxygen atoms in total. The standard InChI is InChI=1S/C10H17N3O4S/c1-2-3-5-17-6-4-13-9(16)11-12-10(13)18-7-8(14)15/h2-7H2,1H3,(H,11,16)(H,14,15). The molecule has 0 spiro atoms. The van der Waals surface area contributed by atoms with Crippen LogP contribution >= 0.6 is 11.8 Å². The maximum absolute atomic E-state index is 11.4. The van der Waals surface area contributed by atoms with Gasteiger partial charge in [-0.2, -0.15) is 0 Å². The van der Waals surface area contributed by atoms with Gasteiger partial charge in [0.05, 0.1) is 18.9 Å². The van der Waals surface area contributed by atoms with Crippen LogP contribution in [0.15, 0.2) is 9.95 Å². The molecule has 2 N–H and O–H groups in total. The average Bonchev–Trinajstić information content (AvgIpc) is 2.68. The lowest BCUT2D eigenvalue weighted by Gasteiger charge is -2.05. The van der Waals surface area contributed by atoms with Gasteiger partial charge in [0.2, 0.25) is 0 Å². The van der Waals surface area contributed by atoms with Crippen molar-refractivity contribution in [3.05, 3.63) is 10.5 Å². The Morgan fingerprint density at radius 1 is 1.56 bits per heavy atom. The monoisotopic (exact) mass is 275 g/mol. The van der Waals surface area contributed by atoms with Crippen molar-refractivity contribution in [2.45, 2.75) is 31.5 Å². The number of unbranched alkanes of at least 4 members (excludes halogenated alkanes) is 1. The summed E-state index contributed by atoms with van der Waals surface area (Å²) < 4.78 is 6.74. The van der Waals surface area contributed by atoms with E-state index in [4.69, 9.17) is 9.84 Å². The summed E-state index contributed by atoms with van der Waals surface area (Å²) in [5, 5.41) is 15.0. The second-order valence-corrected chi connectivity index (χ2v) is 4.55. The molecule has 0 aliphatic rings. The van der Waals surface area contributed by atoms with Gasteiger partial charge in [0, 0.05) is 6.61 Å². The number of aromatic nitrogens is 3. The molecule has 0 unspecified atom stereocenters. The number of H-pyrrole nitrogens is 1. The number of ether oxygens (including phenoxy) is 1. The maximum atomic E-state index is 11.4. The number of hydrogen-bond donors (Lipinski definition) is 2. The van der Waals surface area contributed by atoms with E-state index in [-0.39, 0.29) is 11.4 Å². The molecular weight excluding hydrogens is 258 g/mol. The largest absolute Gasteiger partial charge is 0.481 e. The molecule has 0 fully saturated rings. The minimum atomic E-state index is -0.943. The summed E-state index contributed by atoms with van der Waals surface area (Å²) in [5.41, 5.74) is -0.345. The van der Waals surface area contributed by atoms with Gasteiger partial charge in [-0.05, 0) is 6.42 Å². The van der Waals surface area contributed by atoms with E-state index >= 15 is 0 Å². The first-order valence-electron chi connectivity index (χ1n) is 5.72. The maximum Gasteiger partial charge on any atom is 0.344 e. The van der Waals surface area contributed by atoms with Crippen LogP contribution in [0.5, 0.6) is 0 Å². The van der Waals surface area contributed by atoms with E-state index in [9.17, 15) is 9.59 Å². The molecule has 1 rings (SSSR count). The van der Waals surface area contributed by atoms with E-state index in [2.05, 4.69) is 17.1 Å². The number of carboxylic acid groups (broad SMARTS) is 1. The number of rotatable bonds is 9. The van der Waals surface area contributed by atoms with Crippen LogP contribution < -0.4 is 5.69 Å². The fraction of sp³-hybridized carbons (Fsp3) is 0.700. The summed E-state index contributed by atoms with van der Waals surface area (Å²) in [7, 11) is 0. The lowest BCUT2D eigenvalue weighted by atomic mass is 10.4. The molecule has 102 valence electrons. The number of carboxylic acids is 1. The third-order valence-electron chi connectivity index (χ3n) is 2.15. The fourth-order valence-corrected chi connectivity index (χ4v) is 1.93. The first-order chi connectivity index (χ1) is 8.65. The van der Waals surface area contributed by atoms with Crippen molar-refractivity contribution in [3.8, 4) is 0 Å². The van der Waals surface area contributed by atoms with Gasteiger partial charge in [-0.1, -0.05) is 25.1 Å². The van der Waals surface area contributed by atoms with Gasteiger partial charge in [-0.15, -0.1) is 5.10 Å². The Morgan fingerprint density at radius 3 is 3.00 bits per heavy atom. The number of aromatic amines is 1. The molecule has 0 aromatic carbocycles. The molecule has 1 heterocycles. The van der Waals surface area contributed by atoms with Gasteiger partial charge in [0.1, 0.15) is 0 Å². The van der Waals surface area contributed by atoms with E-state index in [0.717, 1.165) is 24.6 Å². The van der Waals surface area contributed by atoms with Crippen LogP contribution in [0, 0.1) is 0 Å². The van der Waals surface area contributed by atoms with Crippen molar-refractivity contribution in [3.63, 3.8) is 0 Å². The number of carbonyl (C=O) groups is 1. The predicted molar refractivity (Wildman–Crippen MR) is 66.9 cm³/mol. The van der Waals surface area contributed by atoms with Crippen molar-refractivity contribution < 1.29 is 14.6 Å². The van der Waals surface area contributed by atoms with Crippen LogP contribution in [0.2, 0.25) is 0 Å². The van der Waals surface area contributed by atoms with Crippen LogP contribution in [0.3, 0.4) is 0 Å². The van der Waals surface area contributed by atoms with Crippen molar-refractivity contribution in [2.75, 3.05) is 19.0 Å². The molecule has 0 amide bonds. The van der Waals surface area contributed by atoms with Gasteiger partial charge in [0.15, 0.2) is 5.16 Å². The summed E-state index contributed by atoms with van der Waals surface area (Å²) in [5.74, 6) is -1.07. The Hall–Kier alpha value is -1.28. The molecule has 0 radical (unpaired) electrons. The molecule has 8 heteroatoms.